The van der Waals surface area contributed by atoms with Crippen LogP contribution < -0.4 is 0 Å². The van der Waals surface area contributed by atoms with Gasteiger partial charge in [0, 0.05) is 19.0 Å². The molecule has 1 heterocycles. The van der Waals surface area contributed by atoms with Crippen molar-refractivity contribution in [3.8, 4) is 0 Å². The Kier molecular flexibility index (Phi) is 2.94. The molecule has 0 saturated heterocycles. The first-order valence-electron chi connectivity index (χ1n) is 4.64. The smallest absolute Gasteiger partial charge is 0.0748 e. The minimum absolute atomic E-state index is 1.04. The standard InChI is InChI=1S/C12H13NS/c1-13-9-5-8-12(13)14-10-11-6-3-2-4-7-11/h2-9H,10H2,1H3. The Morgan fingerprint density at radius 3 is 2.50 bits per heavy atom. The van der Waals surface area contributed by atoms with Crippen molar-refractivity contribution >= 4 is 11.8 Å². The van der Waals surface area contributed by atoms with E-state index >= 15 is 0 Å². The summed E-state index contributed by atoms with van der Waals surface area (Å²) in [5.74, 6) is 1.04. The summed E-state index contributed by atoms with van der Waals surface area (Å²) in [4.78, 5) is 0. The van der Waals surface area contributed by atoms with Crippen LogP contribution in [0.1, 0.15) is 5.56 Å². The molecule has 0 aliphatic heterocycles. The van der Waals surface area contributed by atoms with Gasteiger partial charge in [-0.2, -0.15) is 0 Å². The molecular formula is C12H13NS. The molecule has 0 radical (unpaired) electrons. The van der Waals surface area contributed by atoms with Crippen LogP contribution in [-0.2, 0) is 12.8 Å². The third kappa shape index (κ3) is 2.20. The Bertz CT molecular complexity index is 392. The van der Waals surface area contributed by atoms with Gasteiger partial charge in [0.25, 0.3) is 0 Å². The molecule has 0 unspecified atom stereocenters. The fourth-order valence-corrected chi connectivity index (χ4v) is 2.27. The van der Waals surface area contributed by atoms with E-state index in [0.717, 1.165) is 5.75 Å². The van der Waals surface area contributed by atoms with Gasteiger partial charge in [0.05, 0.1) is 5.03 Å². The third-order valence-electron chi connectivity index (χ3n) is 2.13. The lowest BCUT2D eigenvalue weighted by Crippen LogP contribution is -1.87. The van der Waals surface area contributed by atoms with Gasteiger partial charge >= 0.3 is 0 Å². The molecule has 0 N–H and O–H groups in total. The molecule has 0 bridgehead atoms. The Hall–Kier alpha value is -1.15. The van der Waals surface area contributed by atoms with Crippen molar-refractivity contribution in [3.05, 3.63) is 54.2 Å². The van der Waals surface area contributed by atoms with Crippen LogP contribution in [0.4, 0.5) is 0 Å². The fraction of sp³-hybridized carbons (Fsp3) is 0.167. The molecule has 1 nitrogen and oxygen atoms in total. The number of nitrogens with zero attached hydrogens (tertiary/aromatic N) is 1. The van der Waals surface area contributed by atoms with Crippen molar-refractivity contribution < 1.29 is 0 Å². The largest absolute Gasteiger partial charge is 0.346 e. The lowest BCUT2D eigenvalue weighted by molar-refractivity contribution is 0.829. The summed E-state index contributed by atoms with van der Waals surface area (Å²) in [5, 5.41) is 1.31. The maximum Gasteiger partial charge on any atom is 0.0748 e. The summed E-state index contributed by atoms with van der Waals surface area (Å²) in [7, 11) is 2.08. The van der Waals surface area contributed by atoms with Crippen molar-refractivity contribution in [2.24, 2.45) is 7.05 Å². The van der Waals surface area contributed by atoms with Crippen molar-refractivity contribution in [2.45, 2.75) is 10.8 Å². The first-order chi connectivity index (χ1) is 6.86. The van der Waals surface area contributed by atoms with Crippen molar-refractivity contribution in [3.63, 3.8) is 0 Å². The normalized spacial score (nSPS) is 10.4. The average molecular weight is 203 g/mol. The third-order valence-corrected chi connectivity index (χ3v) is 3.32. The Labute approximate surface area is 88.8 Å². The van der Waals surface area contributed by atoms with Crippen LogP contribution in [0.15, 0.2) is 53.7 Å². The van der Waals surface area contributed by atoms with E-state index in [-0.39, 0.29) is 0 Å². The van der Waals surface area contributed by atoms with E-state index in [0.29, 0.717) is 0 Å². The van der Waals surface area contributed by atoms with Crippen molar-refractivity contribution in [2.75, 3.05) is 0 Å². The zero-order chi connectivity index (χ0) is 9.80. The highest BCUT2D eigenvalue weighted by Crippen LogP contribution is 2.22. The minimum Gasteiger partial charge on any atom is -0.346 e. The Morgan fingerprint density at radius 2 is 1.86 bits per heavy atom. The molecular weight excluding hydrogens is 190 g/mol. The van der Waals surface area contributed by atoms with Gasteiger partial charge in [-0.3, -0.25) is 0 Å². The number of hydrogen-bond donors (Lipinski definition) is 0. The molecule has 0 aliphatic rings. The lowest BCUT2D eigenvalue weighted by Gasteiger charge is -2.02. The van der Waals surface area contributed by atoms with E-state index in [9.17, 15) is 0 Å². The summed E-state index contributed by atoms with van der Waals surface area (Å²) >= 11 is 1.87. The quantitative estimate of drug-likeness (QED) is 0.693. The Balaban J connectivity index is 1.99. The van der Waals surface area contributed by atoms with Gasteiger partial charge in [0.1, 0.15) is 0 Å². The van der Waals surface area contributed by atoms with E-state index in [1.54, 1.807) is 0 Å². The molecule has 0 amide bonds. The van der Waals surface area contributed by atoms with E-state index < -0.39 is 0 Å². The predicted molar refractivity (Wildman–Crippen MR) is 61.4 cm³/mol. The van der Waals surface area contributed by atoms with Gasteiger partial charge in [0.2, 0.25) is 0 Å². The molecule has 2 rings (SSSR count). The fourth-order valence-electron chi connectivity index (χ4n) is 1.33. The maximum atomic E-state index is 2.16. The zero-order valence-corrected chi connectivity index (χ0v) is 9.00. The highest BCUT2D eigenvalue weighted by atomic mass is 32.2. The molecule has 72 valence electrons. The summed E-state index contributed by atoms with van der Waals surface area (Å²) < 4.78 is 2.15. The van der Waals surface area contributed by atoms with Crippen LogP contribution in [0.25, 0.3) is 0 Å². The van der Waals surface area contributed by atoms with Gasteiger partial charge in [-0.25, -0.2) is 0 Å². The Morgan fingerprint density at radius 1 is 1.07 bits per heavy atom. The molecule has 0 aliphatic carbocycles. The van der Waals surface area contributed by atoms with E-state index in [1.807, 2.05) is 11.8 Å². The first kappa shape index (κ1) is 9.41. The molecule has 2 heteroatoms. The van der Waals surface area contributed by atoms with Crippen LogP contribution in [0.5, 0.6) is 0 Å². The summed E-state index contributed by atoms with van der Waals surface area (Å²) in [6, 6.07) is 14.8. The topological polar surface area (TPSA) is 4.93 Å². The SMILES string of the molecule is Cn1cccc1SCc1ccccc1. The van der Waals surface area contributed by atoms with Gasteiger partial charge in [-0.15, -0.1) is 11.8 Å². The van der Waals surface area contributed by atoms with E-state index in [1.165, 1.54) is 10.6 Å². The number of hydrogen-bond acceptors (Lipinski definition) is 1. The maximum absolute atomic E-state index is 2.16. The van der Waals surface area contributed by atoms with Crippen LogP contribution >= 0.6 is 11.8 Å². The molecule has 1 aromatic carbocycles. The van der Waals surface area contributed by atoms with Crippen LogP contribution in [-0.4, -0.2) is 4.57 Å². The molecule has 0 spiro atoms. The second kappa shape index (κ2) is 4.38. The monoisotopic (exact) mass is 203 g/mol. The van der Waals surface area contributed by atoms with Crippen LogP contribution in [0, 0.1) is 0 Å². The average Bonchev–Trinajstić information content (AvgIpc) is 2.63. The van der Waals surface area contributed by atoms with Gasteiger partial charge < -0.3 is 4.57 Å². The van der Waals surface area contributed by atoms with Gasteiger partial charge in [0.15, 0.2) is 0 Å². The lowest BCUT2D eigenvalue weighted by atomic mass is 10.2. The highest BCUT2D eigenvalue weighted by Gasteiger charge is 1.98. The van der Waals surface area contributed by atoms with E-state index in [4.69, 9.17) is 0 Å². The molecule has 0 fully saturated rings. The molecule has 0 atom stereocenters. The summed E-state index contributed by atoms with van der Waals surface area (Å²) in [6.45, 7) is 0. The number of aryl methyl sites for hydroxylation is 1. The summed E-state index contributed by atoms with van der Waals surface area (Å²) in [6.07, 6.45) is 2.08. The number of aromatic nitrogens is 1. The molecule has 1 aromatic heterocycles. The molecule has 2 aromatic rings. The number of benzene rings is 1. The molecule has 0 saturated carbocycles. The second-order valence-electron chi connectivity index (χ2n) is 3.23. The second-order valence-corrected chi connectivity index (χ2v) is 4.23. The van der Waals surface area contributed by atoms with E-state index in [2.05, 4.69) is 60.3 Å². The van der Waals surface area contributed by atoms with Gasteiger partial charge in [-0.05, 0) is 17.7 Å². The summed E-state index contributed by atoms with van der Waals surface area (Å²) in [5.41, 5.74) is 1.37. The number of thioether (sulfide) groups is 1. The number of rotatable bonds is 3. The highest BCUT2D eigenvalue weighted by molar-refractivity contribution is 7.98. The zero-order valence-electron chi connectivity index (χ0n) is 8.18. The predicted octanol–water partition coefficient (Wildman–Crippen LogP) is 3.32. The molecule has 14 heavy (non-hydrogen) atoms. The first-order valence-corrected chi connectivity index (χ1v) is 5.63. The van der Waals surface area contributed by atoms with Crippen molar-refractivity contribution in [1.29, 1.82) is 0 Å². The minimum atomic E-state index is 1.04. The van der Waals surface area contributed by atoms with Crippen LogP contribution in [0.3, 0.4) is 0 Å². The van der Waals surface area contributed by atoms with Crippen LogP contribution in [0.2, 0.25) is 0 Å². The van der Waals surface area contributed by atoms with Crippen molar-refractivity contribution in [1.82, 2.24) is 4.57 Å². The van der Waals surface area contributed by atoms with Gasteiger partial charge in [-0.1, -0.05) is 30.3 Å².